The molecule has 1 unspecified atom stereocenters. The first kappa shape index (κ1) is 14.1. The van der Waals surface area contributed by atoms with E-state index in [2.05, 4.69) is 15.5 Å². The summed E-state index contributed by atoms with van der Waals surface area (Å²) >= 11 is 0. The van der Waals surface area contributed by atoms with Crippen molar-refractivity contribution in [2.75, 3.05) is 14.2 Å². The number of methoxy groups -OCH3 is 1. The molecule has 1 fully saturated rings. The molecule has 3 rings (SSSR count). The van der Waals surface area contributed by atoms with E-state index in [-0.39, 0.29) is 0 Å². The summed E-state index contributed by atoms with van der Waals surface area (Å²) in [6.45, 7) is 0. The number of aromatic nitrogens is 2. The fourth-order valence-electron chi connectivity index (χ4n) is 2.60. The maximum absolute atomic E-state index is 5.37. The number of hydrogen-bond acceptors (Lipinski definition) is 5. The highest BCUT2D eigenvalue weighted by molar-refractivity contribution is 5.30. The zero-order valence-electron chi connectivity index (χ0n) is 12.5. The molecule has 5 nitrogen and oxygen atoms in total. The van der Waals surface area contributed by atoms with Crippen LogP contribution in [0.5, 0.6) is 5.75 Å². The Morgan fingerprint density at radius 1 is 1.43 bits per heavy atom. The number of nitrogens with zero attached hydrogens (tertiary/aromatic N) is 2. The standard InChI is InChI=1S/C16H21N3O2/c1-17-14(12-6-7-12)10-16-18-15(19-21-16)9-11-4-3-5-13(8-11)20-2/h3-5,8,12,14,17H,6-7,9-10H2,1-2H3. The van der Waals surface area contributed by atoms with E-state index in [1.54, 1.807) is 7.11 Å². The third-order valence-corrected chi connectivity index (χ3v) is 3.96. The normalized spacial score (nSPS) is 15.9. The van der Waals surface area contributed by atoms with E-state index in [1.807, 2.05) is 31.3 Å². The van der Waals surface area contributed by atoms with Gasteiger partial charge >= 0.3 is 0 Å². The van der Waals surface area contributed by atoms with Crippen LogP contribution < -0.4 is 10.1 Å². The lowest BCUT2D eigenvalue weighted by molar-refractivity contribution is 0.349. The van der Waals surface area contributed by atoms with Crippen LogP contribution in [0.4, 0.5) is 0 Å². The molecule has 2 aromatic rings. The van der Waals surface area contributed by atoms with Crippen molar-refractivity contribution in [1.29, 1.82) is 0 Å². The third kappa shape index (κ3) is 3.61. The van der Waals surface area contributed by atoms with Crippen molar-refractivity contribution in [3.8, 4) is 5.75 Å². The fourth-order valence-corrected chi connectivity index (χ4v) is 2.60. The molecule has 0 spiro atoms. The summed E-state index contributed by atoms with van der Waals surface area (Å²) in [5, 5.41) is 7.42. The van der Waals surface area contributed by atoms with Gasteiger partial charge in [-0.25, -0.2) is 0 Å². The van der Waals surface area contributed by atoms with Crippen LogP contribution in [0, 0.1) is 5.92 Å². The van der Waals surface area contributed by atoms with Gasteiger partial charge in [-0.3, -0.25) is 0 Å². The number of nitrogens with one attached hydrogen (secondary N) is 1. The summed E-state index contributed by atoms with van der Waals surface area (Å²) in [6, 6.07) is 8.39. The van der Waals surface area contributed by atoms with Gasteiger partial charge in [0.1, 0.15) is 5.75 Å². The molecule has 1 aliphatic carbocycles. The molecule has 1 atom stereocenters. The predicted octanol–water partition coefficient (Wildman–Crippen LogP) is 2.21. The second-order valence-electron chi connectivity index (χ2n) is 5.57. The van der Waals surface area contributed by atoms with E-state index in [0.717, 1.165) is 35.4 Å². The van der Waals surface area contributed by atoms with Gasteiger partial charge in [-0.15, -0.1) is 0 Å². The Labute approximate surface area is 124 Å². The predicted molar refractivity (Wildman–Crippen MR) is 79.4 cm³/mol. The number of benzene rings is 1. The van der Waals surface area contributed by atoms with Gasteiger partial charge in [0.25, 0.3) is 0 Å². The average molecular weight is 287 g/mol. The number of ether oxygens (including phenoxy) is 1. The Balaban J connectivity index is 1.64. The first-order valence-electron chi connectivity index (χ1n) is 7.40. The maximum atomic E-state index is 5.37. The lowest BCUT2D eigenvalue weighted by atomic mass is 10.1. The fraction of sp³-hybridized carbons (Fsp3) is 0.500. The van der Waals surface area contributed by atoms with Crippen LogP contribution in [0.2, 0.25) is 0 Å². The molecule has 21 heavy (non-hydrogen) atoms. The molecule has 112 valence electrons. The Hall–Kier alpha value is -1.88. The molecule has 0 bridgehead atoms. The molecular weight excluding hydrogens is 266 g/mol. The van der Waals surface area contributed by atoms with E-state index < -0.39 is 0 Å². The highest BCUT2D eigenvalue weighted by Crippen LogP contribution is 2.33. The van der Waals surface area contributed by atoms with Crippen molar-refractivity contribution in [2.45, 2.75) is 31.7 Å². The summed E-state index contributed by atoms with van der Waals surface area (Å²) in [7, 11) is 3.66. The maximum Gasteiger partial charge on any atom is 0.228 e. The molecule has 0 aliphatic heterocycles. The Kier molecular flexibility index (Phi) is 4.20. The molecule has 0 amide bonds. The van der Waals surface area contributed by atoms with Crippen molar-refractivity contribution in [1.82, 2.24) is 15.5 Å². The van der Waals surface area contributed by atoms with Crippen LogP contribution in [0.3, 0.4) is 0 Å². The minimum absolute atomic E-state index is 0.454. The van der Waals surface area contributed by atoms with E-state index in [9.17, 15) is 0 Å². The summed E-state index contributed by atoms with van der Waals surface area (Å²) in [6.07, 6.45) is 4.08. The lowest BCUT2D eigenvalue weighted by Gasteiger charge is -2.11. The minimum atomic E-state index is 0.454. The van der Waals surface area contributed by atoms with Crippen molar-refractivity contribution in [3.63, 3.8) is 0 Å². The number of rotatable bonds is 7. The Bertz CT molecular complexity index is 593. The number of likely N-dealkylation sites (N-methyl/N-ethyl adjacent to an activating group) is 1. The molecule has 1 saturated carbocycles. The zero-order valence-corrected chi connectivity index (χ0v) is 12.5. The van der Waals surface area contributed by atoms with Gasteiger partial charge in [0, 0.05) is 18.9 Å². The van der Waals surface area contributed by atoms with Crippen molar-refractivity contribution < 1.29 is 9.26 Å². The van der Waals surface area contributed by atoms with Crippen molar-refractivity contribution in [3.05, 3.63) is 41.5 Å². The van der Waals surface area contributed by atoms with E-state index in [0.29, 0.717) is 12.5 Å². The molecule has 5 heteroatoms. The topological polar surface area (TPSA) is 60.2 Å². The zero-order chi connectivity index (χ0) is 14.7. The Morgan fingerprint density at radius 3 is 3.00 bits per heavy atom. The van der Waals surface area contributed by atoms with Crippen LogP contribution in [0.15, 0.2) is 28.8 Å². The van der Waals surface area contributed by atoms with Crippen LogP contribution in [0.25, 0.3) is 0 Å². The molecule has 1 N–H and O–H groups in total. The monoisotopic (exact) mass is 287 g/mol. The van der Waals surface area contributed by atoms with Gasteiger partial charge in [0.2, 0.25) is 5.89 Å². The Morgan fingerprint density at radius 2 is 2.29 bits per heavy atom. The lowest BCUT2D eigenvalue weighted by Crippen LogP contribution is -2.29. The molecule has 0 saturated heterocycles. The highest BCUT2D eigenvalue weighted by atomic mass is 16.5. The largest absolute Gasteiger partial charge is 0.497 e. The average Bonchev–Trinajstić information content (AvgIpc) is 3.26. The van der Waals surface area contributed by atoms with Gasteiger partial charge < -0.3 is 14.6 Å². The van der Waals surface area contributed by atoms with Gasteiger partial charge in [0.15, 0.2) is 5.82 Å². The second kappa shape index (κ2) is 6.26. The molecule has 0 radical (unpaired) electrons. The minimum Gasteiger partial charge on any atom is -0.497 e. The molecular formula is C16H21N3O2. The van der Waals surface area contributed by atoms with Crippen LogP contribution in [0.1, 0.15) is 30.1 Å². The van der Waals surface area contributed by atoms with Gasteiger partial charge in [0.05, 0.1) is 7.11 Å². The number of hydrogen-bond donors (Lipinski definition) is 1. The summed E-state index contributed by atoms with van der Waals surface area (Å²) in [5.74, 6) is 3.06. The summed E-state index contributed by atoms with van der Waals surface area (Å²) in [5.41, 5.74) is 1.12. The van der Waals surface area contributed by atoms with E-state index >= 15 is 0 Å². The van der Waals surface area contributed by atoms with Crippen LogP contribution in [-0.2, 0) is 12.8 Å². The van der Waals surface area contributed by atoms with Gasteiger partial charge in [-0.1, -0.05) is 17.3 Å². The second-order valence-corrected chi connectivity index (χ2v) is 5.57. The molecule has 1 aromatic carbocycles. The molecule has 1 aromatic heterocycles. The van der Waals surface area contributed by atoms with Crippen LogP contribution >= 0.6 is 0 Å². The molecule has 1 aliphatic rings. The van der Waals surface area contributed by atoms with E-state index in [1.165, 1.54) is 12.8 Å². The summed E-state index contributed by atoms with van der Waals surface area (Å²) < 4.78 is 10.6. The first-order chi connectivity index (χ1) is 10.3. The quantitative estimate of drug-likeness (QED) is 0.846. The third-order valence-electron chi connectivity index (χ3n) is 3.96. The van der Waals surface area contributed by atoms with E-state index in [4.69, 9.17) is 9.26 Å². The van der Waals surface area contributed by atoms with Gasteiger partial charge in [-0.2, -0.15) is 4.98 Å². The summed E-state index contributed by atoms with van der Waals surface area (Å²) in [4.78, 5) is 4.50. The van der Waals surface area contributed by atoms with Crippen molar-refractivity contribution in [2.24, 2.45) is 5.92 Å². The first-order valence-corrected chi connectivity index (χ1v) is 7.40. The highest BCUT2D eigenvalue weighted by Gasteiger charge is 2.31. The van der Waals surface area contributed by atoms with Crippen LogP contribution in [-0.4, -0.2) is 30.3 Å². The SMILES string of the molecule is CNC(Cc1nc(Cc2cccc(OC)c2)no1)C1CC1. The molecule has 1 heterocycles. The van der Waals surface area contributed by atoms with Crippen molar-refractivity contribution >= 4 is 0 Å². The smallest absolute Gasteiger partial charge is 0.228 e. The van der Waals surface area contributed by atoms with Gasteiger partial charge in [-0.05, 0) is 43.5 Å².